The summed E-state index contributed by atoms with van der Waals surface area (Å²) in [5, 5.41) is 9.81. The van der Waals surface area contributed by atoms with E-state index in [-0.39, 0.29) is 0 Å². The first-order chi connectivity index (χ1) is 12.4. The van der Waals surface area contributed by atoms with Gasteiger partial charge in [0.25, 0.3) is 0 Å². The van der Waals surface area contributed by atoms with Gasteiger partial charge in [-0.1, -0.05) is 72.4 Å². The van der Waals surface area contributed by atoms with Crippen molar-refractivity contribution in [3.05, 3.63) is 77.6 Å². The predicted molar refractivity (Wildman–Crippen MR) is 102 cm³/mol. The summed E-state index contributed by atoms with van der Waals surface area (Å²) in [5.41, 5.74) is 2.59. The molecule has 3 aromatic rings. The molecule has 1 aromatic heterocycles. The van der Waals surface area contributed by atoms with Gasteiger partial charge in [-0.15, -0.1) is 10.2 Å². The molecule has 0 saturated heterocycles. The van der Waals surface area contributed by atoms with Crippen molar-refractivity contribution in [2.45, 2.75) is 24.5 Å². The molecule has 1 heterocycles. The normalized spacial score (nSPS) is 10.9. The second-order valence-electron chi connectivity index (χ2n) is 5.79. The maximum atomic E-state index is 5.26. The topological polar surface area (TPSA) is 39.9 Å². The maximum Gasteiger partial charge on any atom is 0.191 e. The third kappa shape index (κ3) is 5.18. The number of aromatic nitrogens is 3. The van der Waals surface area contributed by atoms with Gasteiger partial charge in [0.2, 0.25) is 0 Å². The highest BCUT2D eigenvalue weighted by Crippen LogP contribution is 2.20. The zero-order chi connectivity index (χ0) is 17.3. The van der Waals surface area contributed by atoms with Crippen molar-refractivity contribution in [2.75, 3.05) is 19.5 Å². The Balaban J connectivity index is 1.67. The van der Waals surface area contributed by atoms with E-state index < -0.39 is 0 Å². The summed E-state index contributed by atoms with van der Waals surface area (Å²) in [4.78, 5) is 0. The second kappa shape index (κ2) is 9.39. The van der Waals surface area contributed by atoms with Crippen LogP contribution in [-0.2, 0) is 24.1 Å². The van der Waals surface area contributed by atoms with Crippen molar-refractivity contribution in [1.29, 1.82) is 0 Å². The molecule has 0 aliphatic heterocycles. The van der Waals surface area contributed by atoms with E-state index in [0.717, 1.165) is 36.1 Å². The van der Waals surface area contributed by atoms with Crippen molar-refractivity contribution >= 4 is 11.8 Å². The molecule has 0 amide bonds. The summed E-state index contributed by atoms with van der Waals surface area (Å²) < 4.78 is 7.45. The first-order valence-electron chi connectivity index (χ1n) is 8.48. The Morgan fingerprint density at radius 1 is 0.920 bits per heavy atom. The molecule has 0 bridgehead atoms. The molecule has 5 heteroatoms. The van der Waals surface area contributed by atoms with Crippen LogP contribution < -0.4 is 0 Å². The number of hydrogen-bond donors (Lipinski definition) is 0. The average molecular weight is 353 g/mol. The molecule has 4 nitrogen and oxygen atoms in total. The summed E-state index contributed by atoms with van der Waals surface area (Å²) in [6.07, 6.45) is 1.81. The summed E-state index contributed by atoms with van der Waals surface area (Å²) in [7, 11) is 1.73. The van der Waals surface area contributed by atoms with E-state index in [9.17, 15) is 0 Å². The van der Waals surface area contributed by atoms with Crippen LogP contribution in [0.15, 0.2) is 65.8 Å². The lowest BCUT2D eigenvalue weighted by molar-refractivity contribution is 0.184. The number of methoxy groups -OCH3 is 1. The van der Waals surface area contributed by atoms with E-state index in [0.29, 0.717) is 6.61 Å². The molecule has 0 fully saturated rings. The number of nitrogens with zero attached hydrogens (tertiary/aromatic N) is 3. The minimum Gasteiger partial charge on any atom is -0.383 e. The minimum absolute atomic E-state index is 0.659. The third-order valence-electron chi connectivity index (χ3n) is 3.98. The number of benzene rings is 2. The van der Waals surface area contributed by atoms with Crippen molar-refractivity contribution in [3.63, 3.8) is 0 Å². The summed E-state index contributed by atoms with van der Waals surface area (Å²) in [5.74, 6) is 1.98. The molecular weight excluding hydrogens is 330 g/mol. The lowest BCUT2D eigenvalue weighted by Gasteiger charge is -2.10. The Bertz CT molecular complexity index is 759. The first kappa shape index (κ1) is 17.7. The summed E-state index contributed by atoms with van der Waals surface area (Å²) >= 11 is 1.76. The number of ether oxygens (including phenoxy) is 1. The van der Waals surface area contributed by atoms with Crippen LogP contribution in [0.2, 0.25) is 0 Å². The quantitative estimate of drug-likeness (QED) is 0.548. The second-order valence-corrected chi connectivity index (χ2v) is 6.85. The van der Waals surface area contributed by atoms with Gasteiger partial charge in [0, 0.05) is 25.8 Å². The molecule has 0 spiro atoms. The highest BCUT2D eigenvalue weighted by molar-refractivity contribution is 7.99. The van der Waals surface area contributed by atoms with Gasteiger partial charge in [0.1, 0.15) is 5.82 Å². The fraction of sp³-hybridized carbons (Fsp3) is 0.300. The van der Waals surface area contributed by atoms with E-state index in [4.69, 9.17) is 4.74 Å². The van der Waals surface area contributed by atoms with Crippen LogP contribution in [-0.4, -0.2) is 34.2 Å². The molecule has 0 unspecified atom stereocenters. The number of thioether (sulfide) groups is 1. The molecule has 130 valence electrons. The van der Waals surface area contributed by atoms with Crippen LogP contribution in [0.4, 0.5) is 0 Å². The molecule has 3 rings (SSSR count). The standard InChI is InChI=1S/C20H23N3OS/c1-24-14-13-23-19(16-18-10-6-3-7-11-18)21-22-20(23)25-15-12-17-8-4-2-5-9-17/h2-11H,12-16H2,1H3. The van der Waals surface area contributed by atoms with Gasteiger partial charge < -0.3 is 9.30 Å². The van der Waals surface area contributed by atoms with Gasteiger partial charge in [-0.05, 0) is 17.5 Å². The molecule has 0 saturated carbocycles. The highest BCUT2D eigenvalue weighted by atomic mass is 32.2. The third-order valence-corrected chi connectivity index (χ3v) is 4.95. The summed E-state index contributed by atoms with van der Waals surface area (Å²) in [6, 6.07) is 20.9. The van der Waals surface area contributed by atoms with Crippen LogP contribution in [0.25, 0.3) is 0 Å². The molecular formula is C20H23N3OS. The zero-order valence-corrected chi connectivity index (χ0v) is 15.3. The van der Waals surface area contributed by atoms with Gasteiger partial charge in [0.15, 0.2) is 5.16 Å². The van der Waals surface area contributed by atoms with Crippen LogP contribution in [0.5, 0.6) is 0 Å². The van der Waals surface area contributed by atoms with Gasteiger partial charge in [-0.3, -0.25) is 0 Å². The highest BCUT2D eigenvalue weighted by Gasteiger charge is 2.13. The van der Waals surface area contributed by atoms with Crippen molar-refractivity contribution in [2.24, 2.45) is 0 Å². The Kier molecular flexibility index (Phi) is 6.65. The molecule has 0 N–H and O–H groups in total. The molecule has 25 heavy (non-hydrogen) atoms. The lowest BCUT2D eigenvalue weighted by Crippen LogP contribution is -2.10. The SMILES string of the molecule is COCCn1c(Cc2ccccc2)nnc1SCCc1ccccc1. The van der Waals surface area contributed by atoms with Crippen molar-refractivity contribution < 1.29 is 4.74 Å². The number of hydrogen-bond acceptors (Lipinski definition) is 4. The Morgan fingerprint density at radius 2 is 1.60 bits per heavy atom. The lowest BCUT2D eigenvalue weighted by atomic mass is 10.1. The van der Waals surface area contributed by atoms with E-state index in [1.807, 2.05) is 12.1 Å². The monoisotopic (exact) mass is 353 g/mol. The van der Waals surface area contributed by atoms with Crippen LogP contribution in [0, 0.1) is 0 Å². The van der Waals surface area contributed by atoms with Gasteiger partial charge in [-0.2, -0.15) is 0 Å². The van der Waals surface area contributed by atoms with Crippen LogP contribution >= 0.6 is 11.8 Å². The van der Waals surface area contributed by atoms with E-state index >= 15 is 0 Å². The summed E-state index contributed by atoms with van der Waals surface area (Å²) in [6.45, 7) is 1.44. The van der Waals surface area contributed by atoms with Gasteiger partial charge >= 0.3 is 0 Å². The van der Waals surface area contributed by atoms with E-state index in [1.54, 1.807) is 18.9 Å². The molecule has 0 radical (unpaired) electrons. The smallest absolute Gasteiger partial charge is 0.191 e. The largest absolute Gasteiger partial charge is 0.383 e. The average Bonchev–Trinajstić information content (AvgIpc) is 3.03. The fourth-order valence-electron chi connectivity index (χ4n) is 2.65. The molecule has 2 aromatic carbocycles. The van der Waals surface area contributed by atoms with Gasteiger partial charge in [-0.25, -0.2) is 0 Å². The Labute approximate surface area is 153 Å². The van der Waals surface area contributed by atoms with Gasteiger partial charge in [0.05, 0.1) is 6.61 Å². The fourth-order valence-corrected chi connectivity index (χ4v) is 3.62. The van der Waals surface area contributed by atoms with Crippen molar-refractivity contribution in [3.8, 4) is 0 Å². The van der Waals surface area contributed by atoms with Crippen LogP contribution in [0.1, 0.15) is 17.0 Å². The Morgan fingerprint density at radius 3 is 2.28 bits per heavy atom. The zero-order valence-electron chi connectivity index (χ0n) is 14.5. The molecule has 0 aliphatic rings. The molecule has 0 atom stereocenters. The van der Waals surface area contributed by atoms with Crippen LogP contribution in [0.3, 0.4) is 0 Å². The van der Waals surface area contributed by atoms with Crippen molar-refractivity contribution in [1.82, 2.24) is 14.8 Å². The predicted octanol–water partition coefficient (Wildman–Crippen LogP) is 3.85. The maximum absolute atomic E-state index is 5.26. The number of rotatable bonds is 9. The first-order valence-corrected chi connectivity index (χ1v) is 9.47. The molecule has 0 aliphatic carbocycles. The Hall–Kier alpha value is -2.11. The minimum atomic E-state index is 0.659. The number of aryl methyl sites for hydroxylation is 1. The van der Waals surface area contributed by atoms with E-state index in [1.165, 1.54) is 11.1 Å². The van der Waals surface area contributed by atoms with E-state index in [2.05, 4.69) is 63.3 Å².